The maximum Gasteiger partial charge on any atom is 0.0761 e. The first-order valence-electron chi connectivity index (χ1n) is 6.22. The number of rotatable bonds is 5. The second-order valence-electron chi connectivity index (χ2n) is 4.40. The van der Waals surface area contributed by atoms with Crippen LogP contribution in [0, 0.1) is 6.92 Å². The lowest BCUT2D eigenvalue weighted by Gasteiger charge is -2.20. The minimum atomic E-state index is 0.186. The predicted octanol–water partition coefficient (Wildman–Crippen LogP) is 5.07. The Morgan fingerprint density at radius 1 is 1.37 bits per heavy atom. The van der Waals surface area contributed by atoms with Gasteiger partial charge in [-0.25, -0.2) is 0 Å². The number of pyridine rings is 1. The fourth-order valence-corrected chi connectivity index (χ4v) is 4.91. The van der Waals surface area contributed by atoms with Crippen LogP contribution in [0.15, 0.2) is 32.1 Å². The second-order valence-corrected chi connectivity index (χ2v) is 8.15. The number of nitrogens with zero attached hydrogens (tertiary/aromatic N) is 1. The van der Waals surface area contributed by atoms with Gasteiger partial charge in [0.2, 0.25) is 0 Å². The molecule has 0 aliphatic heterocycles. The highest BCUT2D eigenvalue weighted by Gasteiger charge is 2.20. The molecule has 1 atom stereocenters. The van der Waals surface area contributed by atoms with Gasteiger partial charge in [-0.1, -0.05) is 6.92 Å². The van der Waals surface area contributed by atoms with Gasteiger partial charge in [0.1, 0.15) is 0 Å². The molecule has 2 aromatic heterocycles. The van der Waals surface area contributed by atoms with Crippen LogP contribution in [0.1, 0.15) is 36.1 Å². The molecule has 19 heavy (non-hydrogen) atoms. The normalized spacial score (nSPS) is 12.6. The van der Waals surface area contributed by atoms with Crippen molar-refractivity contribution in [1.29, 1.82) is 0 Å². The average Bonchev–Trinajstić information content (AvgIpc) is 2.71. The fraction of sp³-hybridized carbons (Fsp3) is 0.357. The number of halogens is 2. The number of nitrogens with one attached hydrogen (secondary N) is 1. The molecule has 0 radical (unpaired) electrons. The minimum absolute atomic E-state index is 0.186. The third-order valence-corrected chi connectivity index (χ3v) is 5.37. The smallest absolute Gasteiger partial charge is 0.0761 e. The van der Waals surface area contributed by atoms with Crippen molar-refractivity contribution < 1.29 is 0 Å². The van der Waals surface area contributed by atoms with Crippen molar-refractivity contribution in [1.82, 2.24) is 10.3 Å². The molecule has 2 rings (SSSR count). The molecule has 0 amide bonds. The van der Waals surface area contributed by atoms with Gasteiger partial charge < -0.3 is 5.32 Å². The third kappa shape index (κ3) is 3.66. The van der Waals surface area contributed by atoms with Gasteiger partial charge in [-0.05, 0) is 80.6 Å². The Morgan fingerprint density at radius 3 is 2.74 bits per heavy atom. The van der Waals surface area contributed by atoms with Gasteiger partial charge in [-0.3, -0.25) is 4.98 Å². The first-order chi connectivity index (χ1) is 9.13. The van der Waals surface area contributed by atoms with E-state index in [1.807, 2.05) is 12.4 Å². The van der Waals surface area contributed by atoms with Crippen molar-refractivity contribution in [3.63, 3.8) is 0 Å². The molecule has 0 aliphatic rings. The molecule has 0 fully saturated rings. The number of hydrogen-bond acceptors (Lipinski definition) is 3. The number of aryl methyl sites for hydroxylation is 1. The van der Waals surface area contributed by atoms with Crippen LogP contribution in [-0.4, -0.2) is 11.5 Å². The zero-order valence-electron chi connectivity index (χ0n) is 10.9. The van der Waals surface area contributed by atoms with Crippen LogP contribution >= 0.6 is 43.2 Å². The Kier molecular flexibility index (Phi) is 5.57. The molecule has 2 nitrogen and oxygen atoms in total. The van der Waals surface area contributed by atoms with Crippen LogP contribution in [0.3, 0.4) is 0 Å². The molecule has 102 valence electrons. The maximum atomic E-state index is 4.27. The summed E-state index contributed by atoms with van der Waals surface area (Å²) in [5.74, 6) is 0. The molecule has 1 unspecified atom stereocenters. The zero-order valence-corrected chi connectivity index (χ0v) is 14.9. The molecule has 0 aromatic carbocycles. The summed E-state index contributed by atoms with van der Waals surface area (Å²) in [5.41, 5.74) is 3.77. The standard InChI is InChI=1S/C14H16Br2N2S/c1-3-5-18-13(10-7-12(15)19-14(10)16)11-8-17-6-4-9(11)2/h4,6-8,13,18H,3,5H2,1-2H3. The number of thiophene rings is 1. The van der Waals surface area contributed by atoms with Crippen LogP contribution in [0.4, 0.5) is 0 Å². The van der Waals surface area contributed by atoms with E-state index >= 15 is 0 Å². The Labute approximate surface area is 134 Å². The van der Waals surface area contributed by atoms with Crippen LogP contribution in [0.25, 0.3) is 0 Å². The van der Waals surface area contributed by atoms with Crippen LogP contribution in [-0.2, 0) is 0 Å². The Hall–Kier alpha value is -0.230. The first kappa shape index (κ1) is 15.2. The molecule has 2 heterocycles. The van der Waals surface area contributed by atoms with E-state index in [2.05, 4.69) is 68.1 Å². The summed E-state index contributed by atoms with van der Waals surface area (Å²) < 4.78 is 2.30. The molecule has 0 bridgehead atoms. The van der Waals surface area contributed by atoms with Gasteiger partial charge in [0.15, 0.2) is 0 Å². The molecule has 0 saturated heterocycles. The van der Waals surface area contributed by atoms with Crippen molar-refractivity contribution in [2.24, 2.45) is 0 Å². The molecule has 5 heteroatoms. The lowest BCUT2D eigenvalue weighted by molar-refractivity contribution is 0.594. The van der Waals surface area contributed by atoms with Crippen molar-refractivity contribution >= 4 is 43.2 Å². The molecule has 2 aromatic rings. The lowest BCUT2D eigenvalue weighted by Crippen LogP contribution is -2.24. The van der Waals surface area contributed by atoms with Gasteiger partial charge in [-0.2, -0.15) is 0 Å². The highest BCUT2D eigenvalue weighted by Crippen LogP contribution is 2.38. The van der Waals surface area contributed by atoms with Crippen molar-refractivity contribution in [2.45, 2.75) is 26.3 Å². The maximum absolute atomic E-state index is 4.27. The monoisotopic (exact) mass is 402 g/mol. The lowest BCUT2D eigenvalue weighted by atomic mass is 9.99. The van der Waals surface area contributed by atoms with Gasteiger partial charge in [0.25, 0.3) is 0 Å². The molecule has 0 spiro atoms. The van der Waals surface area contributed by atoms with E-state index in [1.165, 1.54) is 16.7 Å². The Bertz CT molecular complexity index is 554. The Morgan fingerprint density at radius 2 is 2.16 bits per heavy atom. The van der Waals surface area contributed by atoms with E-state index in [1.54, 1.807) is 11.3 Å². The van der Waals surface area contributed by atoms with E-state index < -0.39 is 0 Å². The fourth-order valence-electron chi connectivity index (χ4n) is 2.00. The van der Waals surface area contributed by atoms with Gasteiger partial charge in [0.05, 0.1) is 13.6 Å². The van der Waals surface area contributed by atoms with Crippen molar-refractivity contribution in [3.8, 4) is 0 Å². The van der Waals surface area contributed by atoms with Gasteiger partial charge in [0, 0.05) is 12.4 Å². The van der Waals surface area contributed by atoms with Gasteiger partial charge >= 0.3 is 0 Å². The van der Waals surface area contributed by atoms with E-state index in [0.717, 1.165) is 20.5 Å². The summed E-state index contributed by atoms with van der Waals surface area (Å²) in [7, 11) is 0. The average molecular weight is 404 g/mol. The third-order valence-electron chi connectivity index (χ3n) is 2.98. The van der Waals surface area contributed by atoms with E-state index in [9.17, 15) is 0 Å². The highest BCUT2D eigenvalue weighted by molar-refractivity contribution is 9.12. The highest BCUT2D eigenvalue weighted by atomic mass is 79.9. The number of hydrogen-bond donors (Lipinski definition) is 1. The summed E-state index contributed by atoms with van der Waals surface area (Å²) in [6.45, 7) is 5.30. The molecule has 0 aliphatic carbocycles. The second kappa shape index (κ2) is 6.97. The SMILES string of the molecule is CCCNC(c1cnccc1C)c1cc(Br)sc1Br. The van der Waals surface area contributed by atoms with E-state index in [-0.39, 0.29) is 6.04 Å². The van der Waals surface area contributed by atoms with Crippen molar-refractivity contribution in [2.75, 3.05) is 6.54 Å². The minimum Gasteiger partial charge on any atom is -0.306 e. The van der Waals surface area contributed by atoms with E-state index in [0.29, 0.717) is 0 Å². The first-order valence-corrected chi connectivity index (χ1v) is 8.62. The molecule has 0 saturated carbocycles. The predicted molar refractivity (Wildman–Crippen MR) is 88.8 cm³/mol. The van der Waals surface area contributed by atoms with E-state index in [4.69, 9.17) is 0 Å². The zero-order chi connectivity index (χ0) is 13.8. The van der Waals surface area contributed by atoms with Gasteiger partial charge in [-0.15, -0.1) is 11.3 Å². The summed E-state index contributed by atoms with van der Waals surface area (Å²) in [5, 5.41) is 3.61. The van der Waals surface area contributed by atoms with Crippen molar-refractivity contribution in [3.05, 3.63) is 48.8 Å². The van der Waals surface area contributed by atoms with Crippen LogP contribution in [0.5, 0.6) is 0 Å². The summed E-state index contributed by atoms with van der Waals surface area (Å²) in [4.78, 5) is 4.27. The Balaban J connectivity index is 2.41. The largest absolute Gasteiger partial charge is 0.306 e. The summed E-state index contributed by atoms with van der Waals surface area (Å²) >= 11 is 8.92. The summed E-state index contributed by atoms with van der Waals surface area (Å²) in [6.07, 6.45) is 4.91. The topological polar surface area (TPSA) is 24.9 Å². The quantitative estimate of drug-likeness (QED) is 0.753. The molecular weight excluding hydrogens is 388 g/mol. The summed E-state index contributed by atoms with van der Waals surface area (Å²) in [6, 6.07) is 4.42. The van der Waals surface area contributed by atoms with Crippen LogP contribution < -0.4 is 5.32 Å². The molecule has 1 N–H and O–H groups in total. The number of aromatic nitrogens is 1. The van der Waals surface area contributed by atoms with Crippen LogP contribution in [0.2, 0.25) is 0 Å². The molecular formula is C14H16Br2N2S.